The van der Waals surface area contributed by atoms with E-state index in [0.29, 0.717) is 17.9 Å². The average Bonchev–Trinajstić information content (AvgIpc) is 3.22. The molecule has 4 rings (SSSR count). The minimum atomic E-state index is -3.22. The molecule has 2 aliphatic rings. The summed E-state index contributed by atoms with van der Waals surface area (Å²) < 4.78 is 29.3. The third-order valence-corrected chi connectivity index (χ3v) is 7.27. The van der Waals surface area contributed by atoms with Crippen molar-refractivity contribution in [3.05, 3.63) is 59.7 Å². The summed E-state index contributed by atoms with van der Waals surface area (Å²) in [4.78, 5) is 17.5. The molecule has 0 aromatic heterocycles. The Morgan fingerprint density at radius 3 is 2.42 bits per heavy atom. The highest BCUT2D eigenvalue weighted by Gasteiger charge is 2.46. The van der Waals surface area contributed by atoms with Crippen LogP contribution in [0.1, 0.15) is 37.8 Å². The molecule has 0 aliphatic carbocycles. The van der Waals surface area contributed by atoms with Crippen molar-refractivity contribution in [2.75, 3.05) is 12.8 Å². The summed E-state index contributed by atoms with van der Waals surface area (Å²) in [5.41, 5.74) is 2.11. The number of hydrogen-bond acceptors (Lipinski definition) is 5. The molecule has 0 unspecified atom stereocenters. The number of amides is 1. The zero-order valence-corrected chi connectivity index (χ0v) is 19.1. The summed E-state index contributed by atoms with van der Waals surface area (Å²) in [6.45, 7) is 6.29. The lowest BCUT2D eigenvalue weighted by molar-refractivity contribution is -0.129. The summed E-state index contributed by atoms with van der Waals surface area (Å²) in [5.74, 6) is 1.08. The number of ether oxygens (including phenoxy) is 1. The number of rotatable bonds is 7. The second-order valence-corrected chi connectivity index (χ2v) is 10.8. The molecule has 2 fully saturated rings. The predicted octanol–water partition coefficient (Wildman–Crippen LogP) is 3.25. The zero-order valence-electron chi connectivity index (χ0n) is 18.3. The Hall–Kier alpha value is -2.38. The monoisotopic (exact) mass is 442 g/mol. The molecular formula is C24H30N2O4S. The largest absolute Gasteiger partial charge is 0.491 e. The number of sulfone groups is 1. The van der Waals surface area contributed by atoms with Gasteiger partial charge in [-0.05, 0) is 44.0 Å². The fourth-order valence-corrected chi connectivity index (χ4v) is 5.30. The number of para-hydroxylation sites is 1. The van der Waals surface area contributed by atoms with Gasteiger partial charge in [-0.25, -0.2) is 8.42 Å². The Balaban J connectivity index is 1.45. The SMILES string of the molecule is CC(C)Oc1ccccc1CN1CC[C@H]2[C@@H]1CC(=O)N2Cc1ccc(S(C)(=O)=O)cc1. The highest BCUT2D eigenvalue weighted by molar-refractivity contribution is 7.90. The van der Waals surface area contributed by atoms with Crippen molar-refractivity contribution in [3.8, 4) is 5.75 Å². The summed E-state index contributed by atoms with van der Waals surface area (Å²) in [5, 5.41) is 0. The third-order valence-electron chi connectivity index (χ3n) is 6.14. The van der Waals surface area contributed by atoms with Crippen LogP contribution in [0, 0.1) is 0 Å². The number of benzene rings is 2. The third kappa shape index (κ3) is 4.77. The zero-order chi connectivity index (χ0) is 22.2. The molecule has 31 heavy (non-hydrogen) atoms. The Morgan fingerprint density at radius 1 is 1.03 bits per heavy atom. The van der Waals surface area contributed by atoms with Crippen LogP contribution in [0.2, 0.25) is 0 Å². The first-order valence-corrected chi connectivity index (χ1v) is 12.7. The van der Waals surface area contributed by atoms with Crippen molar-refractivity contribution in [3.63, 3.8) is 0 Å². The van der Waals surface area contributed by atoms with Crippen molar-refractivity contribution in [1.29, 1.82) is 0 Å². The van der Waals surface area contributed by atoms with Gasteiger partial charge in [-0.1, -0.05) is 30.3 Å². The molecule has 2 saturated heterocycles. The van der Waals surface area contributed by atoms with Crippen LogP contribution in [0.15, 0.2) is 53.4 Å². The highest BCUT2D eigenvalue weighted by atomic mass is 32.2. The van der Waals surface area contributed by atoms with Crippen molar-refractivity contribution in [2.24, 2.45) is 0 Å². The smallest absolute Gasteiger partial charge is 0.224 e. The first-order valence-electron chi connectivity index (χ1n) is 10.8. The van der Waals surface area contributed by atoms with Gasteiger partial charge in [0.2, 0.25) is 5.91 Å². The standard InChI is InChI=1S/C24H30N2O4S/c1-17(2)30-23-7-5-4-6-19(23)16-25-13-12-21-22(25)14-24(27)26(21)15-18-8-10-20(11-9-18)31(3,28)29/h4-11,17,21-22H,12-16H2,1-3H3/t21-,22-/m0/s1. The molecule has 2 heterocycles. The van der Waals surface area contributed by atoms with Gasteiger partial charge in [0, 0.05) is 50.0 Å². The van der Waals surface area contributed by atoms with E-state index in [9.17, 15) is 13.2 Å². The number of carbonyl (C=O) groups excluding carboxylic acids is 1. The van der Waals surface area contributed by atoms with Crippen molar-refractivity contribution in [1.82, 2.24) is 9.80 Å². The minimum absolute atomic E-state index is 0.116. The molecule has 6 nitrogen and oxygen atoms in total. The molecule has 2 atom stereocenters. The molecular weight excluding hydrogens is 412 g/mol. The number of fused-ring (bicyclic) bond motifs is 1. The van der Waals surface area contributed by atoms with E-state index >= 15 is 0 Å². The number of carbonyl (C=O) groups is 1. The van der Waals surface area contributed by atoms with Crippen LogP contribution in [0.3, 0.4) is 0 Å². The second-order valence-electron chi connectivity index (χ2n) is 8.81. The molecule has 2 aliphatic heterocycles. The first-order chi connectivity index (χ1) is 14.7. The second kappa shape index (κ2) is 8.63. The van der Waals surface area contributed by atoms with E-state index in [1.54, 1.807) is 12.1 Å². The van der Waals surface area contributed by atoms with Gasteiger partial charge in [0.1, 0.15) is 5.75 Å². The topological polar surface area (TPSA) is 66.9 Å². The summed E-state index contributed by atoms with van der Waals surface area (Å²) >= 11 is 0. The number of hydrogen-bond donors (Lipinski definition) is 0. The molecule has 166 valence electrons. The molecule has 1 amide bonds. The van der Waals surface area contributed by atoms with Crippen LogP contribution in [-0.2, 0) is 27.7 Å². The lowest BCUT2D eigenvalue weighted by atomic mass is 10.1. The van der Waals surface area contributed by atoms with Crippen LogP contribution in [0.4, 0.5) is 0 Å². The predicted molar refractivity (Wildman–Crippen MR) is 120 cm³/mol. The maximum Gasteiger partial charge on any atom is 0.224 e. The molecule has 0 N–H and O–H groups in total. The maximum absolute atomic E-state index is 12.8. The Kier molecular flexibility index (Phi) is 6.08. The maximum atomic E-state index is 12.8. The fourth-order valence-electron chi connectivity index (χ4n) is 4.67. The van der Waals surface area contributed by atoms with E-state index < -0.39 is 9.84 Å². The Morgan fingerprint density at radius 2 is 1.74 bits per heavy atom. The van der Waals surface area contributed by atoms with Gasteiger partial charge in [-0.2, -0.15) is 0 Å². The van der Waals surface area contributed by atoms with Crippen LogP contribution in [0.5, 0.6) is 5.75 Å². The van der Waals surface area contributed by atoms with Gasteiger partial charge >= 0.3 is 0 Å². The summed E-state index contributed by atoms with van der Waals surface area (Å²) in [6, 6.07) is 15.4. The molecule has 2 aromatic carbocycles. The normalized spacial score (nSPS) is 21.7. The quantitative estimate of drug-likeness (QED) is 0.659. The molecule has 0 radical (unpaired) electrons. The molecule has 0 saturated carbocycles. The van der Waals surface area contributed by atoms with Gasteiger partial charge < -0.3 is 9.64 Å². The van der Waals surface area contributed by atoms with Gasteiger partial charge in [-0.3, -0.25) is 9.69 Å². The summed E-state index contributed by atoms with van der Waals surface area (Å²) in [6.07, 6.45) is 2.79. The van der Waals surface area contributed by atoms with E-state index in [1.165, 1.54) is 6.26 Å². The number of likely N-dealkylation sites (tertiary alicyclic amines) is 2. The Bertz CT molecular complexity index is 1050. The van der Waals surface area contributed by atoms with Crippen LogP contribution in [0.25, 0.3) is 0 Å². The number of nitrogens with zero attached hydrogens (tertiary/aromatic N) is 2. The fraction of sp³-hybridized carbons (Fsp3) is 0.458. The van der Waals surface area contributed by atoms with E-state index in [4.69, 9.17) is 4.74 Å². The van der Waals surface area contributed by atoms with E-state index in [-0.39, 0.29) is 24.1 Å². The minimum Gasteiger partial charge on any atom is -0.491 e. The van der Waals surface area contributed by atoms with Crippen LogP contribution in [-0.4, -0.2) is 55.1 Å². The van der Waals surface area contributed by atoms with Crippen LogP contribution < -0.4 is 4.74 Å². The van der Waals surface area contributed by atoms with Gasteiger partial charge in [-0.15, -0.1) is 0 Å². The van der Waals surface area contributed by atoms with E-state index in [1.807, 2.05) is 49.1 Å². The van der Waals surface area contributed by atoms with Gasteiger partial charge in [0.05, 0.1) is 11.0 Å². The molecule has 0 spiro atoms. The lowest BCUT2D eigenvalue weighted by Crippen LogP contribution is -2.36. The lowest BCUT2D eigenvalue weighted by Gasteiger charge is -2.26. The first kappa shape index (κ1) is 21.8. The van der Waals surface area contributed by atoms with Crippen LogP contribution >= 0.6 is 0 Å². The Labute approximate surface area is 184 Å². The van der Waals surface area contributed by atoms with Gasteiger partial charge in [0.25, 0.3) is 0 Å². The van der Waals surface area contributed by atoms with Crippen molar-refractivity contribution < 1.29 is 17.9 Å². The summed E-state index contributed by atoms with van der Waals surface area (Å²) in [7, 11) is -3.22. The van der Waals surface area contributed by atoms with Crippen molar-refractivity contribution in [2.45, 2.75) is 62.9 Å². The highest BCUT2D eigenvalue weighted by Crippen LogP contribution is 2.35. The molecule has 7 heteroatoms. The average molecular weight is 443 g/mol. The molecule has 2 aromatic rings. The van der Waals surface area contributed by atoms with Gasteiger partial charge in [0.15, 0.2) is 9.84 Å². The molecule has 0 bridgehead atoms. The van der Waals surface area contributed by atoms with Crippen molar-refractivity contribution >= 4 is 15.7 Å². The van der Waals surface area contributed by atoms with E-state index in [2.05, 4.69) is 11.0 Å². The van der Waals surface area contributed by atoms with E-state index in [0.717, 1.165) is 36.4 Å².